The first-order valence-corrected chi connectivity index (χ1v) is 4.21. The van der Waals surface area contributed by atoms with Crippen LogP contribution >= 0.6 is 0 Å². The molecule has 0 unspecified atom stereocenters. The summed E-state index contributed by atoms with van der Waals surface area (Å²) in [7, 11) is 0. The first-order valence-electron chi connectivity index (χ1n) is 4.21. The Morgan fingerprint density at radius 3 is 1.75 bits per heavy atom. The molecule has 0 radical (unpaired) electrons. The molecular formula is C9H5F5N2. The van der Waals surface area contributed by atoms with Gasteiger partial charge >= 0.3 is 5.92 Å². The second-order valence-corrected chi connectivity index (χ2v) is 3.10. The van der Waals surface area contributed by atoms with Gasteiger partial charge in [0.15, 0.2) is 0 Å². The van der Waals surface area contributed by atoms with Crippen molar-refractivity contribution in [1.82, 2.24) is 10.2 Å². The Hall–Kier alpha value is -1.79. The average Bonchev–Trinajstić information content (AvgIpc) is 2.47. The molecule has 16 heavy (non-hydrogen) atoms. The molecule has 0 aromatic heterocycles. The molecule has 2 nitrogen and oxygen atoms in total. The highest BCUT2D eigenvalue weighted by atomic mass is 19.2. The van der Waals surface area contributed by atoms with Crippen LogP contribution in [0.25, 0.3) is 0 Å². The molecule has 0 saturated carbocycles. The highest BCUT2D eigenvalue weighted by Gasteiger charge is 2.57. The van der Waals surface area contributed by atoms with E-state index in [0.717, 1.165) is 12.1 Å². The number of hydrogen-bond acceptors (Lipinski definition) is 2. The van der Waals surface area contributed by atoms with Gasteiger partial charge in [-0.1, -0.05) is 39.3 Å². The van der Waals surface area contributed by atoms with E-state index in [9.17, 15) is 22.1 Å². The molecule has 0 amide bonds. The third-order valence-electron chi connectivity index (χ3n) is 2.18. The summed E-state index contributed by atoms with van der Waals surface area (Å²) in [5.41, 5.74) is -0.567. The summed E-state index contributed by atoms with van der Waals surface area (Å²) in [6, 6.07) is 6.04. The molecule has 1 aliphatic rings. The van der Waals surface area contributed by atoms with Crippen LogP contribution in [0.3, 0.4) is 0 Å². The lowest BCUT2D eigenvalue weighted by Gasteiger charge is -2.27. The van der Waals surface area contributed by atoms with E-state index in [1.807, 2.05) is 0 Å². The van der Waals surface area contributed by atoms with Crippen LogP contribution in [-0.2, 0) is 5.92 Å². The van der Waals surface area contributed by atoms with E-state index in [0.29, 0.717) is 0 Å². The zero-order chi connectivity index (χ0) is 11.9. The van der Waals surface area contributed by atoms with Crippen molar-refractivity contribution in [2.24, 2.45) is 0 Å². The maximum atomic E-state index is 13.9. The van der Waals surface area contributed by atoms with Crippen molar-refractivity contribution < 1.29 is 22.1 Å². The Labute approximate surface area is 87.0 Å². The minimum absolute atomic E-state index is 0.567. The fraction of sp³-hybridized carbons (Fsp3) is 0.111. The third-order valence-corrected chi connectivity index (χ3v) is 2.18. The highest BCUT2D eigenvalue weighted by molar-refractivity contribution is 5.25. The number of hydrogen-bond donors (Lipinski definition) is 0. The summed E-state index contributed by atoms with van der Waals surface area (Å²) >= 11 is 0. The quantitative estimate of drug-likeness (QED) is 0.419. The van der Waals surface area contributed by atoms with Gasteiger partial charge in [-0.25, -0.2) is 0 Å². The predicted octanol–water partition coefficient (Wildman–Crippen LogP) is 3.22. The molecule has 1 aromatic rings. The van der Waals surface area contributed by atoms with Crippen molar-refractivity contribution in [3.63, 3.8) is 0 Å². The number of alkyl halides is 1. The maximum Gasteiger partial charge on any atom is 0.344 e. The third kappa shape index (κ3) is 1.17. The normalized spacial score (nSPS) is 19.6. The molecule has 0 spiro atoms. The molecule has 0 N–H and O–H groups in total. The molecule has 0 atom stereocenters. The van der Waals surface area contributed by atoms with Gasteiger partial charge in [0.05, 0.1) is 0 Å². The van der Waals surface area contributed by atoms with Crippen molar-refractivity contribution in [3.8, 4) is 0 Å². The first-order chi connectivity index (χ1) is 7.49. The standard InChI is InChI=1S/C9H5F5N2/c10-7-8(11)16(14)9(12,15(7)13)6-4-2-1-3-5-6/h1-5H. The zero-order valence-corrected chi connectivity index (χ0v) is 7.67. The molecule has 0 aliphatic carbocycles. The smallest absolute Gasteiger partial charge is 0.184 e. The lowest BCUT2D eigenvalue weighted by molar-refractivity contribution is -0.261. The largest absolute Gasteiger partial charge is 0.344 e. The Balaban J connectivity index is 2.50. The second-order valence-electron chi connectivity index (χ2n) is 3.10. The molecule has 0 bridgehead atoms. The van der Waals surface area contributed by atoms with Gasteiger partial charge < -0.3 is 0 Å². The van der Waals surface area contributed by atoms with Gasteiger partial charge in [0.25, 0.3) is 11.9 Å². The van der Waals surface area contributed by atoms with Gasteiger partial charge in [0.1, 0.15) is 0 Å². The van der Waals surface area contributed by atoms with E-state index in [-0.39, 0.29) is 0 Å². The van der Waals surface area contributed by atoms with Gasteiger partial charge in [-0.3, -0.25) is 0 Å². The van der Waals surface area contributed by atoms with Crippen LogP contribution in [-0.4, -0.2) is 10.2 Å². The van der Waals surface area contributed by atoms with Crippen molar-refractivity contribution in [1.29, 1.82) is 0 Å². The van der Waals surface area contributed by atoms with Gasteiger partial charge in [0.2, 0.25) is 0 Å². The molecule has 1 aliphatic heterocycles. The van der Waals surface area contributed by atoms with E-state index in [2.05, 4.69) is 0 Å². The highest BCUT2D eigenvalue weighted by Crippen LogP contribution is 2.47. The van der Waals surface area contributed by atoms with Crippen molar-refractivity contribution >= 4 is 0 Å². The molecule has 1 heterocycles. The van der Waals surface area contributed by atoms with Crippen molar-refractivity contribution in [2.45, 2.75) is 5.92 Å². The van der Waals surface area contributed by atoms with Crippen LogP contribution < -0.4 is 0 Å². The van der Waals surface area contributed by atoms with Crippen molar-refractivity contribution in [2.75, 3.05) is 0 Å². The molecule has 7 heteroatoms. The maximum absolute atomic E-state index is 13.9. The number of rotatable bonds is 1. The topological polar surface area (TPSA) is 6.48 Å². The Kier molecular flexibility index (Phi) is 2.25. The summed E-state index contributed by atoms with van der Waals surface area (Å²) < 4.78 is 65.4. The monoisotopic (exact) mass is 236 g/mol. The van der Waals surface area contributed by atoms with E-state index < -0.39 is 33.6 Å². The molecule has 86 valence electrons. The zero-order valence-electron chi connectivity index (χ0n) is 7.67. The number of benzene rings is 1. The van der Waals surface area contributed by atoms with Gasteiger partial charge in [0, 0.05) is 5.56 Å². The fourth-order valence-corrected chi connectivity index (χ4v) is 1.38. The van der Waals surface area contributed by atoms with Crippen LogP contribution in [0, 0.1) is 0 Å². The molecule has 2 rings (SSSR count). The fourth-order valence-electron chi connectivity index (χ4n) is 1.38. The van der Waals surface area contributed by atoms with E-state index >= 15 is 0 Å². The van der Waals surface area contributed by atoms with Gasteiger partial charge in [-0.05, 0) is 0 Å². The SMILES string of the molecule is FC1=C(F)N(F)C(F)(c2ccccc2)N1F. The van der Waals surface area contributed by atoms with Crippen LogP contribution in [0.15, 0.2) is 42.2 Å². The van der Waals surface area contributed by atoms with Gasteiger partial charge in [-0.2, -0.15) is 13.2 Å². The lowest BCUT2D eigenvalue weighted by Crippen LogP contribution is -2.40. The Morgan fingerprint density at radius 2 is 1.31 bits per heavy atom. The number of nitrogens with zero attached hydrogens (tertiary/aromatic N) is 2. The molecule has 1 aromatic carbocycles. The van der Waals surface area contributed by atoms with Crippen molar-refractivity contribution in [3.05, 3.63) is 47.8 Å². The molecule has 0 fully saturated rings. The lowest BCUT2D eigenvalue weighted by atomic mass is 10.1. The van der Waals surface area contributed by atoms with Crippen LogP contribution in [0.5, 0.6) is 0 Å². The van der Waals surface area contributed by atoms with Gasteiger partial charge in [-0.15, -0.1) is 10.2 Å². The van der Waals surface area contributed by atoms with E-state index in [4.69, 9.17) is 0 Å². The Bertz CT molecular complexity index is 415. The van der Waals surface area contributed by atoms with E-state index in [1.165, 1.54) is 18.2 Å². The Morgan fingerprint density at radius 1 is 0.875 bits per heavy atom. The average molecular weight is 236 g/mol. The van der Waals surface area contributed by atoms with E-state index in [1.54, 1.807) is 0 Å². The van der Waals surface area contributed by atoms with Crippen LogP contribution in [0.4, 0.5) is 22.1 Å². The summed E-state index contributed by atoms with van der Waals surface area (Å²) in [4.78, 5) is 0. The first kappa shape index (κ1) is 10.7. The summed E-state index contributed by atoms with van der Waals surface area (Å²) in [6.45, 7) is 0. The van der Waals surface area contributed by atoms with Crippen LogP contribution in [0.2, 0.25) is 0 Å². The molecular weight excluding hydrogens is 231 g/mol. The second kappa shape index (κ2) is 3.36. The minimum Gasteiger partial charge on any atom is -0.184 e. The minimum atomic E-state index is -3.64. The number of halogens is 5. The predicted molar refractivity (Wildman–Crippen MR) is 44.4 cm³/mol. The van der Waals surface area contributed by atoms with Crippen LogP contribution in [0.1, 0.15) is 5.56 Å². The molecule has 0 saturated heterocycles. The summed E-state index contributed by atoms with van der Waals surface area (Å²) in [5.74, 6) is -8.13. The summed E-state index contributed by atoms with van der Waals surface area (Å²) in [5, 5.41) is -2.48. The summed E-state index contributed by atoms with van der Waals surface area (Å²) in [6.07, 6.45) is 0.